The van der Waals surface area contributed by atoms with Gasteiger partial charge in [0.25, 0.3) is 0 Å². The van der Waals surface area contributed by atoms with Crippen molar-refractivity contribution in [3.8, 4) is 0 Å². The van der Waals surface area contributed by atoms with Crippen molar-refractivity contribution in [2.75, 3.05) is 0 Å². The molecule has 0 aliphatic rings. The van der Waals surface area contributed by atoms with E-state index >= 15 is 0 Å². The van der Waals surface area contributed by atoms with Crippen LogP contribution in [0.15, 0.2) is 0 Å². The van der Waals surface area contributed by atoms with Gasteiger partial charge in [0.2, 0.25) is 0 Å². The first-order valence-electron chi connectivity index (χ1n) is 0.730. The Morgan fingerprint density at radius 2 is 1.14 bits per heavy atom. The van der Waals surface area contributed by atoms with Crippen LogP contribution in [-0.2, 0) is 21.6 Å². The van der Waals surface area contributed by atoms with Crippen LogP contribution in [0.25, 0.3) is 0 Å². The van der Waals surface area contributed by atoms with E-state index in [2.05, 4.69) is 0 Å². The molecule has 0 rings (SSSR count). The van der Waals surface area contributed by atoms with Gasteiger partial charge in [-0.25, -0.2) is 0 Å². The van der Waals surface area contributed by atoms with Crippen LogP contribution < -0.4 is 19.4 Å². The summed E-state index contributed by atoms with van der Waals surface area (Å²) in [6, 6.07) is 0. The minimum Gasteiger partial charge on any atom is -1.00 e. The van der Waals surface area contributed by atoms with Crippen molar-refractivity contribution < 1.29 is 41.0 Å². The number of rotatable bonds is 0. The van der Waals surface area contributed by atoms with E-state index in [1.807, 2.05) is 0 Å². The summed E-state index contributed by atoms with van der Waals surface area (Å²) in [6.45, 7) is 0. The van der Waals surface area contributed by atoms with E-state index in [4.69, 9.17) is 19.2 Å². The first kappa shape index (κ1) is 15.6. The molecule has 7 heavy (non-hydrogen) atoms. The first-order chi connectivity index (χ1) is 2.00. The van der Waals surface area contributed by atoms with E-state index in [1.165, 1.54) is 0 Å². The smallest absolute Gasteiger partial charge is 0 e. The van der Waals surface area contributed by atoms with Gasteiger partial charge in [0.05, 0.1) is 0 Å². The fraction of sp³-hybridized carbons (Fsp3) is 0. The molecule has 4 nitrogen and oxygen atoms in total. The molecule has 0 aliphatic heterocycles. The number of hydrogen-bond donors (Lipinski definition) is 0. The van der Waals surface area contributed by atoms with Gasteiger partial charge in [-0.2, -0.15) is 7.82 Å². The van der Waals surface area contributed by atoms with Gasteiger partial charge >= 0.3 is 0 Å². The molecular formula is FMnO4P-4. The second kappa shape index (κ2) is 4.71. The van der Waals surface area contributed by atoms with Crippen molar-refractivity contribution in [1.82, 2.24) is 0 Å². The summed E-state index contributed by atoms with van der Waals surface area (Å²) >= 11 is 0. The molecule has 0 fully saturated rings. The molecule has 0 atom stereocenters. The maximum Gasteiger partial charge on any atom is 0 e. The summed E-state index contributed by atoms with van der Waals surface area (Å²) < 4.78 is 8.55. The standard InChI is InChI=1S/FH.Mn.H3O4P/c;;1-5(2,3)4/h1H;;(H3,1,2,3,4)/p-4. The minimum atomic E-state index is -5.39. The average molecular weight is 169 g/mol. The third-order valence-electron chi connectivity index (χ3n) is 0. The Bertz CT molecular complexity index is 57.8. The zero-order chi connectivity index (χ0) is 4.50. The van der Waals surface area contributed by atoms with Gasteiger partial charge in [0, 0.05) is 17.1 Å². The molecule has 0 N–H and O–H groups in total. The third kappa shape index (κ3) is 436. The number of halogens is 1. The van der Waals surface area contributed by atoms with Crippen molar-refractivity contribution >= 4 is 7.82 Å². The van der Waals surface area contributed by atoms with Crippen molar-refractivity contribution in [3.63, 3.8) is 0 Å². The van der Waals surface area contributed by atoms with Gasteiger partial charge in [-0.1, -0.05) is 0 Å². The number of hydrogen-bond acceptors (Lipinski definition) is 4. The molecule has 1 radical (unpaired) electrons. The molecule has 0 aromatic rings. The van der Waals surface area contributed by atoms with Gasteiger partial charge < -0.3 is 23.9 Å². The third-order valence-corrected chi connectivity index (χ3v) is 0. The summed E-state index contributed by atoms with van der Waals surface area (Å²) in [6.07, 6.45) is 0. The Kier molecular flexibility index (Phi) is 10.5. The van der Waals surface area contributed by atoms with Crippen molar-refractivity contribution in [2.45, 2.75) is 0 Å². The summed E-state index contributed by atoms with van der Waals surface area (Å²) in [5.74, 6) is 0. The average Bonchev–Trinajstić information content (AvgIpc) is 0.722. The molecule has 0 bridgehead atoms. The van der Waals surface area contributed by atoms with Crippen LogP contribution in [0.1, 0.15) is 0 Å². The maximum absolute atomic E-state index is 8.55. The Hall–Kier alpha value is 0.559. The van der Waals surface area contributed by atoms with Crippen LogP contribution in [-0.4, -0.2) is 0 Å². The zero-order valence-corrected chi connectivity index (χ0v) is 4.91. The van der Waals surface area contributed by atoms with Crippen molar-refractivity contribution in [2.24, 2.45) is 0 Å². The molecule has 0 heterocycles. The van der Waals surface area contributed by atoms with E-state index < -0.39 is 7.82 Å². The molecular weight excluding hydrogens is 169 g/mol. The summed E-state index contributed by atoms with van der Waals surface area (Å²) in [5.41, 5.74) is 0. The molecule has 0 aliphatic carbocycles. The molecule has 0 aromatic heterocycles. The van der Waals surface area contributed by atoms with Crippen molar-refractivity contribution in [3.05, 3.63) is 0 Å². The van der Waals surface area contributed by atoms with Crippen LogP contribution in [0.4, 0.5) is 0 Å². The largest absolute Gasteiger partial charge is 1.00 e. The molecule has 0 saturated heterocycles. The monoisotopic (exact) mass is 169 g/mol. The normalized spacial score (nSPS) is 8.43. The fourth-order valence-electron chi connectivity index (χ4n) is 0. The molecule has 0 unspecified atom stereocenters. The Morgan fingerprint density at radius 1 is 1.14 bits per heavy atom. The second-order valence-electron chi connectivity index (χ2n) is 0.447. The number of phosphoric acid groups is 1. The first-order valence-corrected chi connectivity index (χ1v) is 2.19. The molecule has 0 saturated carbocycles. The van der Waals surface area contributed by atoms with E-state index in [9.17, 15) is 0 Å². The Morgan fingerprint density at radius 3 is 1.14 bits per heavy atom. The quantitative estimate of drug-likeness (QED) is 0.267. The van der Waals surface area contributed by atoms with E-state index in [-0.39, 0.29) is 21.8 Å². The van der Waals surface area contributed by atoms with E-state index in [0.717, 1.165) is 0 Å². The second-order valence-corrected chi connectivity index (χ2v) is 1.34. The van der Waals surface area contributed by atoms with Crippen LogP contribution in [0, 0.1) is 0 Å². The Balaban J connectivity index is -0.0000000800. The zero-order valence-electron chi connectivity index (χ0n) is 2.84. The van der Waals surface area contributed by atoms with Gasteiger partial charge in [0.1, 0.15) is 0 Å². The van der Waals surface area contributed by atoms with Gasteiger partial charge in [-0.3, -0.25) is 0 Å². The topological polar surface area (TPSA) is 86.2 Å². The van der Waals surface area contributed by atoms with Crippen LogP contribution in [0.5, 0.6) is 0 Å². The van der Waals surface area contributed by atoms with Crippen LogP contribution in [0.2, 0.25) is 0 Å². The van der Waals surface area contributed by atoms with Gasteiger partial charge in [0.15, 0.2) is 0 Å². The Labute approximate surface area is 49.6 Å². The summed E-state index contributed by atoms with van der Waals surface area (Å²) in [4.78, 5) is 25.6. The maximum atomic E-state index is 8.55. The predicted octanol–water partition coefficient (Wildman–Crippen LogP) is -5.82. The minimum absolute atomic E-state index is 0. The van der Waals surface area contributed by atoms with Crippen LogP contribution >= 0.6 is 7.82 Å². The molecule has 0 aromatic carbocycles. The van der Waals surface area contributed by atoms with Crippen LogP contribution in [0.3, 0.4) is 0 Å². The molecule has 0 amide bonds. The SMILES string of the molecule is O=P([O-])([O-])[O-].[F-].[Mn]. The molecule has 47 valence electrons. The predicted molar refractivity (Wildman–Crippen MR) is 7.61 cm³/mol. The summed E-state index contributed by atoms with van der Waals surface area (Å²) in [7, 11) is -5.39. The summed E-state index contributed by atoms with van der Waals surface area (Å²) in [5, 5.41) is 0. The van der Waals surface area contributed by atoms with Crippen molar-refractivity contribution in [1.29, 1.82) is 0 Å². The van der Waals surface area contributed by atoms with Gasteiger partial charge in [-0.15, -0.1) is 0 Å². The van der Waals surface area contributed by atoms with E-state index in [1.54, 1.807) is 0 Å². The molecule has 7 heteroatoms. The van der Waals surface area contributed by atoms with Gasteiger partial charge in [-0.05, 0) is 0 Å². The fourth-order valence-corrected chi connectivity index (χ4v) is 0. The molecule has 0 spiro atoms. The van der Waals surface area contributed by atoms with E-state index in [0.29, 0.717) is 0 Å².